The standard InChI is InChI=1S/C9H14BrNO2/c10-4-3-9(12)11-5-7-1-2-8(6-11)13-7/h7-8H,1-6H2. The summed E-state index contributed by atoms with van der Waals surface area (Å²) in [6, 6.07) is 0. The van der Waals surface area contributed by atoms with Crippen LogP contribution in [0.3, 0.4) is 0 Å². The third-order valence-corrected chi connectivity index (χ3v) is 3.10. The Labute approximate surface area is 86.5 Å². The summed E-state index contributed by atoms with van der Waals surface area (Å²) in [6.07, 6.45) is 3.50. The fourth-order valence-electron chi connectivity index (χ4n) is 2.06. The summed E-state index contributed by atoms with van der Waals surface area (Å²) in [4.78, 5) is 13.5. The van der Waals surface area contributed by atoms with E-state index in [-0.39, 0.29) is 5.91 Å². The quantitative estimate of drug-likeness (QED) is 0.686. The van der Waals surface area contributed by atoms with Gasteiger partial charge in [-0.05, 0) is 12.8 Å². The van der Waals surface area contributed by atoms with Gasteiger partial charge in [-0.2, -0.15) is 0 Å². The monoisotopic (exact) mass is 247 g/mol. The summed E-state index contributed by atoms with van der Waals surface area (Å²) in [5.41, 5.74) is 0. The normalized spacial score (nSPS) is 32.2. The predicted octanol–water partition coefficient (Wildman–Crippen LogP) is 1.16. The van der Waals surface area contributed by atoms with E-state index in [4.69, 9.17) is 4.74 Å². The molecule has 0 aromatic carbocycles. The van der Waals surface area contributed by atoms with Crippen LogP contribution in [0.4, 0.5) is 0 Å². The van der Waals surface area contributed by atoms with Gasteiger partial charge in [-0.15, -0.1) is 0 Å². The number of hydrogen-bond acceptors (Lipinski definition) is 2. The van der Waals surface area contributed by atoms with E-state index in [1.807, 2.05) is 4.90 Å². The van der Waals surface area contributed by atoms with Crippen LogP contribution in [0, 0.1) is 0 Å². The Kier molecular flexibility index (Phi) is 2.89. The first-order valence-corrected chi connectivity index (χ1v) is 5.91. The van der Waals surface area contributed by atoms with Crippen LogP contribution in [0.25, 0.3) is 0 Å². The molecule has 74 valence electrons. The second-order valence-electron chi connectivity index (χ2n) is 3.70. The second-order valence-corrected chi connectivity index (χ2v) is 4.49. The lowest BCUT2D eigenvalue weighted by Crippen LogP contribution is -2.45. The second kappa shape index (κ2) is 3.96. The van der Waals surface area contributed by atoms with Crippen molar-refractivity contribution in [1.82, 2.24) is 4.90 Å². The van der Waals surface area contributed by atoms with Gasteiger partial charge < -0.3 is 9.64 Å². The zero-order valence-corrected chi connectivity index (χ0v) is 9.13. The van der Waals surface area contributed by atoms with Gasteiger partial charge in [-0.3, -0.25) is 4.79 Å². The van der Waals surface area contributed by atoms with E-state index >= 15 is 0 Å². The topological polar surface area (TPSA) is 29.5 Å². The van der Waals surface area contributed by atoms with Gasteiger partial charge in [0.15, 0.2) is 0 Å². The number of nitrogens with zero attached hydrogens (tertiary/aromatic N) is 1. The lowest BCUT2D eigenvalue weighted by molar-refractivity contribution is -0.139. The molecule has 2 atom stereocenters. The fraction of sp³-hybridized carbons (Fsp3) is 0.889. The third kappa shape index (κ3) is 2.05. The van der Waals surface area contributed by atoms with Crippen molar-refractivity contribution in [3.63, 3.8) is 0 Å². The van der Waals surface area contributed by atoms with Gasteiger partial charge in [0, 0.05) is 24.8 Å². The van der Waals surface area contributed by atoms with Gasteiger partial charge in [-0.25, -0.2) is 0 Å². The highest BCUT2D eigenvalue weighted by Crippen LogP contribution is 2.26. The van der Waals surface area contributed by atoms with Crippen molar-refractivity contribution >= 4 is 21.8 Å². The number of likely N-dealkylation sites (tertiary alicyclic amines) is 1. The molecule has 4 heteroatoms. The number of halogens is 1. The van der Waals surface area contributed by atoms with Crippen LogP contribution in [0.15, 0.2) is 0 Å². The molecule has 0 N–H and O–H groups in total. The summed E-state index contributed by atoms with van der Waals surface area (Å²) >= 11 is 3.28. The van der Waals surface area contributed by atoms with Gasteiger partial charge >= 0.3 is 0 Å². The Hall–Kier alpha value is -0.0900. The molecule has 0 aromatic heterocycles. The highest BCUT2D eigenvalue weighted by atomic mass is 79.9. The Bertz CT molecular complexity index is 198. The average molecular weight is 248 g/mol. The van der Waals surface area contributed by atoms with Crippen molar-refractivity contribution in [3.8, 4) is 0 Å². The zero-order chi connectivity index (χ0) is 9.26. The van der Waals surface area contributed by atoms with Gasteiger partial charge in [0.2, 0.25) is 5.91 Å². The molecule has 13 heavy (non-hydrogen) atoms. The minimum atomic E-state index is 0.261. The lowest BCUT2D eigenvalue weighted by atomic mass is 10.2. The molecule has 0 saturated carbocycles. The van der Waals surface area contributed by atoms with Crippen molar-refractivity contribution in [3.05, 3.63) is 0 Å². The van der Waals surface area contributed by atoms with Crippen molar-refractivity contribution < 1.29 is 9.53 Å². The average Bonchev–Trinajstić information content (AvgIpc) is 2.46. The summed E-state index contributed by atoms with van der Waals surface area (Å²) in [5, 5.41) is 0.762. The summed E-state index contributed by atoms with van der Waals surface area (Å²) in [5.74, 6) is 0.261. The van der Waals surface area contributed by atoms with Gasteiger partial charge in [0.05, 0.1) is 12.2 Å². The fourth-order valence-corrected chi connectivity index (χ4v) is 2.40. The van der Waals surface area contributed by atoms with E-state index in [0.717, 1.165) is 31.3 Å². The molecule has 1 amide bonds. The van der Waals surface area contributed by atoms with Crippen LogP contribution in [-0.4, -0.2) is 41.4 Å². The number of carbonyl (C=O) groups is 1. The molecule has 2 aliphatic rings. The maximum absolute atomic E-state index is 11.6. The minimum absolute atomic E-state index is 0.261. The maximum Gasteiger partial charge on any atom is 0.223 e. The van der Waals surface area contributed by atoms with Crippen LogP contribution in [0.5, 0.6) is 0 Å². The van der Waals surface area contributed by atoms with E-state index in [0.29, 0.717) is 18.6 Å². The first-order valence-electron chi connectivity index (χ1n) is 4.79. The summed E-state index contributed by atoms with van der Waals surface area (Å²) in [6.45, 7) is 1.62. The summed E-state index contributed by atoms with van der Waals surface area (Å²) in [7, 11) is 0. The molecule has 0 aliphatic carbocycles. The van der Waals surface area contributed by atoms with Gasteiger partial charge in [-0.1, -0.05) is 15.9 Å². The zero-order valence-electron chi connectivity index (χ0n) is 7.54. The number of ether oxygens (including phenoxy) is 1. The van der Waals surface area contributed by atoms with E-state index in [1.165, 1.54) is 0 Å². The number of amides is 1. The molecule has 2 aliphatic heterocycles. The molecule has 0 radical (unpaired) electrons. The Morgan fingerprint density at radius 3 is 2.54 bits per heavy atom. The number of rotatable bonds is 2. The van der Waals surface area contributed by atoms with E-state index in [1.54, 1.807) is 0 Å². The van der Waals surface area contributed by atoms with Crippen molar-refractivity contribution in [2.24, 2.45) is 0 Å². The van der Waals surface area contributed by atoms with Crippen molar-refractivity contribution in [2.75, 3.05) is 18.4 Å². The maximum atomic E-state index is 11.6. The predicted molar refractivity (Wildman–Crippen MR) is 52.9 cm³/mol. The molecule has 2 heterocycles. The van der Waals surface area contributed by atoms with E-state index < -0.39 is 0 Å². The van der Waals surface area contributed by atoms with Gasteiger partial charge in [0.1, 0.15) is 0 Å². The van der Waals surface area contributed by atoms with Crippen LogP contribution < -0.4 is 0 Å². The lowest BCUT2D eigenvalue weighted by Gasteiger charge is -2.32. The first kappa shape index (κ1) is 9.46. The third-order valence-electron chi connectivity index (χ3n) is 2.70. The summed E-state index contributed by atoms with van der Waals surface area (Å²) < 4.78 is 5.65. The number of carbonyl (C=O) groups excluding carboxylic acids is 1. The molecule has 0 aromatic rings. The van der Waals surface area contributed by atoms with E-state index in [9.17, 15) is 4.79 Å². The number of alkyl halides is 1. The highest BCUT2D eigenvalue weighted by molar-refractivity contribution is 9.09. The van der Waals surface area contributed by atoms with Crippen molar-refractivity contribution in [1.29, 1.82) is 0 Å². The van der Waals surface area contributed by atoms with E-state index in [2.05, 4.69) is 15.9 Å². The Morgan fingerprint density at radius 2 is 2.00 bits per heavy atom. The molecule has 0 spiro atoms. The van der Waals surface area contributed by atoms with Crippen LogP contribution in [-0.2, 0) is 9.53 Å². The molecule has 2 unspecified atom stereocenters. The Morgan fingerprint density at radius 1 is 1.38 bits per heavy atom. The number of fused-ring (bicyclic) bond motifs is 2. The number of hydrogen-bond donors (Lipinski definition) is 0. The number of morpholine rings is 1. The minimum Gasteiger partial charge on any atom is -0.371 e. The molecular weight excluding hydrogens is 234 g/mol. The molecule has 2 rings (SSSR count). The van der Waals surface area contributed by atoms with Crippen LogP contribution >= 0.6 is 15.9 Å². The van der Waals surface area contributed by atoms with Crippen molar-refractivity contribution in [2.45, 2.75) is 31.5 Å². The molecule has 2 bridgehead atoms. The Balaban J connectivity index is 1.91. The first-order chi connectivity index (χ1) is 6.29. The molecule has 2 saturated heterocycles. The smallest absolute Gasteiger partial charge is 0.223 e. The molecule has 3 nitrogen and oxygen atoms in total. The highest BCUT2D eigenvalue weighted by Gasteiger charge is 2.35. The van der Waals surface area contributed by atoms with Crippen LogP contribution in [0.2, 0.25) is 0 Å². The van der Waals surface area contributed by atoms with Gasteiger partial charge in [0.25, 0.3) is 0 Å². The molecule has 2 fully saturated rings. The molecular formula is C9H14BrNO2. The van der Waals surface area contributed by atoms with Crippen LogP contribution in [0.1, 0.15) is 19.3 Å². The largest absolute Gasteiger partial charge is 0.371 e. The SMILES string of the molecule is O=C(CCBr)N1CC2CCC(C1)O2.